The van der Waals surface area contributed by atoms with Crippen LogP contribution in [0.3, 0.4) is 0 Å². The first-order valence-electron chi connectivity index (χ1n) is 9.38. The minimum Gasteiger partial charge on any atom is -0.336 e. The zero-order valence-electron chi connectivity index (χ0n) is 15.0. The molecule has 0 atom stereocenters. The Morgan fingerprint density at radius 1 is 0.960 bits per heavy atom. The van der Waals surface area contributed by atoms with Gasteiger partial charge in [-0.15, -0.1) is 0 Å². The van der Waals surface area contributed by atoms with Crippen molar-refractivity contribution < 1.29 is 4.79 Å². The average molecular weight is 334 g/mol. The average Bonchev–Trinajstić information content (AvgIpc) is 3.09. The molecule has 1 saturated heterocycles. The largest absolute Gasteiger partial charge is 0.336 e. The molecule has 0 saturated carbocycles. The molecule has 3 nitrogen and oxygen atoms in total. The van der Waals surface area contributed by atoms with Gasteiger partial charge in [0.25, 0.3) is 5.91 Å². The van der Waals surface area contributed by atoms with Crippen molar-refractivity contribution in [3.63, 3.8) is 0 Å². The molecule has 1 amide bonds. The number of rotatable bonds is 3. The highest BCUT2D eigenvalue weighted by molar-refractivity contribution is 5.94. The lowest BCUT2D eigenvalue weighted by molar-refractivity contribution is 0.0628. The van der Waals surface area contributed by atoms with Crippen LogP contribution in [0.4, 0.5) is 0 Å². The van der Waals surface area contributed by atoms with Crippen LogP contribution in [0.5, 0.6) is 0 Å². The summed E-state index contributed by atoms with van der Waals surface area (Å²) in [5.74, 6) is 0.199. The van der Waals surface area contributed by atoms with E-state index in [1.165, 1.54) is 35.1 Å². The number of amides is 1. The molecular formula is C22H26N2O. The Labute approximate surface area is 150 Å². The number of nitrogens with zero attached hydrogens (tertiary/aromatic N) is 2. The maximum Gasteiger partial charge on any atom is 0.253 e. The van der Waals surface area contributed by atoms with Crippen molar-refractivity contribution in [2.24, 2.45) is 0 Å². The number of fused-ring (bicyclic) bond motifs is 1. The molecule has 1 aliphatic carbocycles. The lowest BCUT2D eigenvalue weighted by Crippen LogP contribution is -2.48. The van der Waals surface area contributed by atoms with Gasteiger partial charge in [-0.1, -0.05) is 35.9 Å². The first-order valence-corrected chi connectivity index (χ1v) is 9.38. The van der Waals surface area contributed by atoms with Crippen molar-refractivity contribution in [3.8, 4) is 0 Å². The molecule has 1 fully saturated rings. The van der Waals surface area contributed by atoms with Crippen molar-refractivity contribution in [2.45, 2.75) is 32.7 Å². The van der Waals surface area contributed by atoms with E-state index in [0.717, 1.165) is 44.7 Å². The number of carbonyl (C=O) groups excluding carboxylic acids is 1. The predicted octanol–water partition coefficient (Wildman–Crippen LogP) is 3.44. The van der Waals surface area contributed by atoms with Gasteiger partial charge in [0.05, 0.1) is 0 Å². The van der Waals surface area contributed by atoms with E-state index in [4.69, 9.17) is 0 Å². The van der Waals surface area contributed by atoms with Gasteiger partial charge in [-0.2, -0.15) is 0 Å². The van der Waals surface area contributed by atoms with E-state index in [9.17, 15) is 4.79 Å². The lowest BCUT2D eigenvalue weighted by Gasteiger charge is -2.35. The normalized spacial score (nSPS) is 17.6. The number of carbonyl (C=O) groups is 1. The Balaban J connectivity index is 1.36. The summed E-state index contributed by atoms with van der Waals surface area (Å²) in [6.45, 7) is 6.65. The third-order valence-electron chi connectivity index (χ3n) is 5.49. The molecule has 1 heterocycles. The van der Waals surface area contributed by atoms with Crippen LogP contribution in [-0.4, -0.2) is 41.9 Å². The van der Waals surface area contributed by atoms with Crippen LogP contribution in [0.25, 0.3) is 0 Å². The van der Waals surface area contributed by atoms with Gasteiger partial charge in [0.2, 0.25) is 0 Å². The highest BCUT2D eigenvalue weighted by Gasteiger charge is 2.23. The first-order chi connectivity index (χ1) is 12.2. The predicted molar refractivity (Wildman–Crippen MR) is 101 cm³/mol. The van der Waals surface area contributed by atoms with Crippen LogP contribution in [0.1, 0.15) is 39.0 Å². The van der Waals surface area contributed by atoms with Gasteiger partial charge in [-0.25, -0.2) is 0 Å². The lowest BCUT2D eigenvalue weighted by atomic mass is 10.1. The van der Waals surface area contributed by atoms with Gasteiger partial charge in [0.15, 0.2) is 0 Å². The fraction of sp³-hybridized carbons (Fsp3) is 0.409. The number of hydrogen-bond acceptors (Lipinski definition) is 2. The van der Waals surface area contributed by atoms with Crippen molar-refractivity contribution in [1.29, 1.82) is 0 Å². The molecule has 0 aromatic heterocycles. The molecule has 2 aromatic carbocycles. The van der Waals surface area contributed by atoms with E-state index in [1.807, 2.05) is 11.0 Å². The van der Waals surface area contributed by atoms with E-state index >= 15 is 0 Å². The molecule has 2 aliphatic rings. The molecule has 0 bridgehead atoms. The first kappa shape index (κ1) is 16.3. The quantitative estimate of drug-likeness (QED) is 0.858. The Morgan fingerprint density at radius 3 is 2.56 bits per heavy atom. The fourth-order valence-electron chi connectivity index (χ4n) is 4.07. The highest BCUT2D eigenvalue weighted by Crippen LogP contribution is 2.23. The van der Waals surface area contributed by atoms with Gasteiger partial charge >= 0.3 is 0 Å². The van der Waals surface area contributed by atoms with Gasteiger partial charge in [-0.3, -0.25) is 9.69 Å². The maximum atomic E-state index is 12.8. The van der Waals surface area contributed by atoms with Crippen LogP contribution < -0.4 is 0 Å². The Morgan fingerprint density at radius 2 is 1.76 bits per heavy atom. The molecule has 0 unspecified atom stereocenters. The van der Waals surface area contributed by atoms with Crippen LogP contribution in [-0.2, 0) is 19.4 Å². The number of hydrogen-bond donors (Lipinski definition) is 0. The van der Waals surface area contributed by atoms with Gasteiger partial charge < -0.3 is 4.90 Å². The van der Waals surface area contributed by atoms with Crippen LogP contribution in [0.2, 0.25) is 0 Å². The third kappa shape index (κ3) is 3.62. The summed E-state index contributed by atoms with van der Waals surface area (Å²) >= 11 is 0. The van der Waals surface area contributed by atoms with E-state index in [1.54, 1.807) is 0 Å². The molecule has 25 heavy (non-hydrogen) atoms. The van der Waals surface area contributed by atoms with Crippen molar-refractivity contribution in [1.82, 2.24) is 9.80 Å². The van der Waals surface area contributed by atoms with Crippen molar-refractivity contribution >= 4 is 5.91 Å². The number of benzene rings is 2. The molecular weight excluding hydrogens is 308 g/mol. The van der Waals surface area contributed by atoms with Gasteiger partial charge in [0.1, 0.15) is 0 Å². The topological polar surface area (TPSA) is 23.6 Å². The Hall–Kier alpha value is -2.13. The Bertz CT molecular complexity index is 775. The molecule has 130 valence electrons. The number of piperazine rings is 1. The molecule has 1 aliphatic heterocycles. The van der Waals surface area contributed by atoms with Gasteiger partial charge in [-0.05, 0) is 55.0 Å². The smallest absolute Gasteiger partial charge is 0.253 e. The molecule has 0 N–H and O–H groups in total. The SMILES string of the molecule is Cc1cccc(CN2CCN(C(=O)c3ccc4c(c3)CCC4)CC2)c1. The van der Waals surface area contributed by atoms with E-state index < -0.39 is 0 Å². The number of aryl methyl sites for hydroxylation is 3. The Kier molecular flexibility index (Phi) is 4.58. The fourth-order valence-corrected chi connectivity index (χ4v) is 4.07. The standard InChI is InChI=1S/C22H26N2O/c1-17-4-2-5-18(14-17)16-23-10-12-24(13-11-23)22(25)21-9-8-19-6-3-7-20(19)15-21/h2,4-5,8-9,14-15H,3,6-7,10-13,16H2,1H3. The zero-order valence-corrected chi connectivity index (χ0v) is 15.0. The second kappa shape index (κ2) is 7.01. The molecule has 2 aromatic rings. The summed E-state index contributed by atoms with van der Waals surface area (Å²) in [6, 6.07) is 15.0. The molecule has 4 rings (SSSR count). The molecule has 3 heteroatoms. The molecule has 0 spiro atoms. The zero-order chi connectivity index (χ0) is 17.2. The van der Waals surface area contributed by atoms with E-state index in [-0.39, 0.29) is 5.91 Å². The van der Waals surface area contributed by atoms with Crippen LogP contribution >= 0.6 is 0 Å². The second-order valence-electron chi connectivity index (χ2n) is 7.39. The summed E-state index contributed by atoms with van der Waals surface area (Å²) < 4.78 is 0. The van der Waals surface area contributed by atoms with Crippen molar-refractivity contribution in [3.05, 3.63) is 70.3 Å². The highest BCUT2D eigenvalue weighted by atomic mass is 16.2. The summed E-state index contributed by atoms with van der Waals surface area (Å²) in [5, 5.41) is 0. The minimum absolute atomic E-state index is 0.199. The monoisotopic (exact) mass is 334 g/mol. The summed E-state index contributed by atoms with van der Waals surface area (Å²) in [6.07, 6.45) is 3.52. The van der Waals surface area contributed by atoms with Crippen molar-refractivity contribution in [2.75, 3.05) is 26.2 Å². The second-order valence-corrected chi connectivity index (χ2v) is 7.39. The summed E-state index contributed by atoms with van der Waals surface area (Å²) in [5.41, 5.74) is 6.34. The maximum absolute atomic E-state index is 12.8. The van der Waals surface area contributed by atoms with Crippen LogP contribution in [0, 0.1) is 6.92 Å². The molecule has 0 radical (unpaired) electrons. The summed E-state index contributed by atoms with van der Waals surface area (Å²) in [7, 11) is 0. The van der Waals surface area contributed by atoms with E-state index in [0.29, 0.717) is 0 Å². The van der Waals surface area contributed by atoms with Crippen LogP contribution in [0.15, 0.2) is 42.5 Å². The third-order valence-corrected chi connectivity index (χ3v) is 5.49. The van der Waals surface area contributed by atoms with E-state index in [2.05, 4.69) is 48.2 Å². The summed E-state index contributed by atoms with van der Waals surface area (Å²) in [4.78, 5) is 17.3. The van der Waals surface area contributed by atoms with Gasteiger partial charge in [0, 0.05) is 38.3 Å². The minimum atomic E-state index is 0.199.